The summed E-state index contributed by atoms with van der Waals surface area (Å²) in [6.45, 7) is -3.51. The predicted molar refractivity (Wildman–Crippen MR) is 92.9 cm³/mol. The van der Waals surface area contributed by atoms with Crippen molar-refractivity contribution in [3.05, 3.63) is 45.6 Å². The quantitative estimate of drug-likeness (QED) is 0.768. The monoisotopic (exact) mass is 381 g/mol. The van der Waals surface area contributed by atoms with Crippen molar-refractivity contribution >= 4 is 28.9 Å². The Morgan fingerprint density at radius 2 is 1.96 bits per heavy atom. The average molecular weight is 381 g/mol. The van der Waals surface area contributed by atoms with Crippen molar-refractivity contribution in [2.45, 2.75) is 32.3 Å². The minimum atomic E-state index is -3.00. The van der Waals surface area contributed by atoms with Crippen molar-refractivity contribution in [2.24, 2.45) is 0 Å². The molecule has 3 rings (SSSR count). The maximum Gasteiger partial charge on any atom is 0.387 e. The lowest BCUT2D eigenvalue weighted by atomic mass is 9.96. The molecule has 1 aliphatic carbocycles. The van der Waals surface area contributed by atoms with E-state index in [9.17, 15) is 18.4 Å². The van der Waals surface area contributed by atoms with Gasteiger partial charge in [-0.2, -0.15) is 8.78 Å². The van der Waals surface area contributed by atoms with Crippen LogP contribution in [0.3, 0.4) is 0 Å². The minimum Gasteiger partial charge on any atom is -0.452 e. The van der Waals surface area contributed by atoms with E-state index in [1.807, 2.05) is 0 Å². The fraction of sp³-hybridized carbons (Fsp3) is 0.333. The Morgan fingerprint density at radius 3 is 2.77 bits per heavy atom. The lowest BCUT2D eigenvalue weighted by molar-refractivity contribution is -0.119. The van der Waals surface area contributed by atoms with E-state index in [2.05, 4.69) is 10.1 Å². The zero-order valence-electron chi connectivity index (χ0n) is 13.8. The fourth-order valence-electron chi connectivity index (χ4n) is 2.83. The first kappa shape index (κ1) is 18.3. The molecule has 1 amide bonds. The molecule has 0 unspecified atom stereocenters. The number of benzene rings is 1. The van der Waals surface area contributed by atoms with E-state index >= 15 is 0 Å². The number of anilines is 1. The molecule has 2 aromatic rings. The van der Waals surface area contributed by atoms with Crippen LogP contribution in [0.1, 0.15) is 33.6 Å². The van der Waals surface area contributed by atoms with Crippen LogP contribution in [0.2, 0.25) is 0 Å². The Labute approximate surface area is 152 Å². The van der Waals surface area contributed by atoms with Gasteiger partial charge < -0.3 is 14.8 Å². The number of nitrogens with one attached hydrogen (secondary N) is 1. The van der Waals surface area contributed by atoms with Gasteiger partial charge in [-0.1, -0.05) is 12.1 Å². The SMILES string of the molecule is O=C(COC(=O)c1csc2c1CCCC2)Nc1ccccc1OC(F)F. The van der Waals surface area contributed by atoms with Crippen molar-refractivity contribution in [1.29, 1.82) is 0 Å². The number of ether oxygens (including phenoxy) is 2. The Balaban J connectivity index is 1.58. The van der Waals surface area contributed by atoms with Gasteiger partial charge in [0, 0.05) is 10.3 Å². The number of carbonyl (C=O) groups excluding carboxylic acids is 2. The zero-order valence-corrected chi connectivity index (χ0v) is 14.6. The molecule has 0 fully saturated rings. The number of thiophene rings is 1. The van der Waals surface area contributed by atoms with Crippen molar-refractivity contribution in [2.75, 3.05) is 11.9 Å². The molecule has 0 aliphatic heterocycles. The first-order valence-corrected chi connectivity index (χ1v) is 9.02. The van der Waals surface area contributed by atoms with Crippen molar-refractivity contribution in [3.63, 3.8) is 0 Å². The summed E-state index contributed by atoms with van der Waals surface area (Å²) < 4.78 is 34.2. The molecule has 0 spiro atoms. The summed E-state index contributed by atoms with van der Waals surface area (Å²) in [6.07, 6.45) is 3.96. The largest absolute Gasteiger partial charge is 0.452 e. The predicted octanol–water partition coefficient (Wildman–Crippen LogP) is 4.02. The molecular weight excluding hydrogens is 364 g/mol. The highest BCUT2D eigenvalue weighted by atomic mass is 32.1. The molecule has 0 radical (unpaired) electrons. The van der Waals surface area contributed by atoms with E-state index in [1.165, 1.54) is 34.4 Å². The molecule has 8 heteroatoms. The van der Waals surface area contributed by atoms with Crippen LogP contribution < -0.4 is 10.1 Å². The van der Waals surface area contributed by atoms with Gasteiger partial charge in [0.2, 0.25) is 0 Å². The highest BCUT2D eigenvalue weighted by Gasteiger charge is 2.22. The van der Waals surface area contributed by atoms with Gasteiger partial charge in [-0.3, -0.25) is 4.79 Å². The third-order valence-corrected chi connectivity index (χ3v) is 5.08. The van der Waals surface area contributed by atoms with Crippen LogP contribution in [0.15, 0.2) is 29.6 Å². The number of amides is 1. The number of carbonyl (C=O) groups is 2. The number of rotatable bonds is 6. The van der Waals surface area contributed by atoms with Crippen LogP contribution in [0.4, 0.5) is 14.5 Å². The summed E-state index contributed by atoms with van der Waals surface area (Å²) in [5, 5.41) is 4.17. The van der Waals surface area contributed by atoms with Gasteiger partial charge >= 0.3 is 12.6 Å². The molecule has 1 heterocycles. The summed E-state index contributed by atoms with van der Waals surface area (Å²) >= 11 is 1.54. The normalized spacial score (nSPS) is 13.2. The topological polar surface area (TPSA) is 64.6 Å². The van der Waals surface area contributed by atoms with E-state index in [1.54, 1.807) is 11.4 Å². The highest BCUT2D eigenvalue weighted by molar-refractivity contribution is 7.10. The van der Waals surface area contributed by atoms with Crippen molar-refractivity contribution in [1.82, 2.24) is 0 Å². The number of esters is 1. The summed E-state index contributed by atoms with van der Waals surface area (Å²) in [5.41, 5.74) is 1.61. The lowest BCUT2D eigenvalue weighted by Crippen LogP contribution is -2.22. The first-order valence-electron chi connectivity index (χ1n) is 8.14. The summed E-state index contributed by atoms with van der Waals surface area (Å²) in [5.74, 6) is -1.33. The van der Waals surface area contributed by atoms with Gasteiger partial charge in [-0.25, -0.2) is 4.79 Å². The molecule has 26 heavy (non-hydrogen) atoms. The van der Waals surface area contributed by atoms with Gasteiger partial charge in [-0.05, 0) is 43.4 Å². The Bertz CT molecular complexity index is 806. The average Bonchev–Trinajstić information content (AvgIpc) is 3.05. The molecule has 0 saturated heterocycles. The Morgan fingerprint density at radius 1 is 1.19 bits per heavy atom. The van der Waals surface area contributed by atoms with Gasteiger partial charge in [0.05, 0.1) is 11.3 Å². The zero-order chi connectivity index (χ0) is 18.5. The second-order valence-electron chi connectivity index (χ2n) is 5.76. The van der Waals surface area contributed by atoms with E-state index < -0.39 is 25.1 Å². The number of hydrogen-bond donors (Lipinski definition) is 1. The third kappa shape index (κ3) is 4.37. The maximum absolute atomic E-state index is 12.4. The standard InChI is InChI=1S/C18H17F2NO4S/c19-18(20)25-14-7-3-2-6-13(14)21-16(22)9-24-17(23)12-10-26-15-8-4-1-5-11(12)15/h2-3,6-7,10,18H,1,4-5,8-9H2,(H,21,22). The van der Waals surface area contributed by atoms with Crippen LogP contribution in [-0.4, -0.2) is 25.1 Å². The molecule has 138 valence electrons. The van der Waals surface area contributed by atoms with Crippen LogP contribution in [0.5, 0.6) is 5.75 Å². The van der Waals surface area contributed by atoms with E-state index in [0.717, 1.165) is 31.2 Å². The molecule has 0 atom stereocenters. The lowest BCUT2D eigenvalue weighted by Gasteiger charge is -2.13. The molecule has 0 saturated carbocycles. The summed E-state index contributed by atoms with van der Waals surface area (Å²) in [6, 6.07) is 5.81. The Hall–Kier alpha value is -2.48. The van der Waals surface area contributed by atoms with Crippen molar-refractivity contribution in [3.8, 4) is 5.75 Å². The number of aryl methyl sites for hydroxylation is 1. The third-order valence-electron chi connectivity index (χ3n) is 3.99. The molecule has 1 N–H and O–H groups in total. The number of fused-ring (bicyclic) bond motifs is 1. The van der Waals surface area contributed by atoms with Gasteiger partial charge in [0.1, 0.15) is 5.75 Å². The summed E-state index contributed by atoms with van der Waals surface area (Å²) in [4.78, 5) is 25.4. The molecule has 0 bridgehead atoms. The van der Waals surface area contributed by atoms with Gasteiger partial charge in [-0.15, -0.1) is 11.3 Å². The summed E-state index contributed by atoms with van der Waals surface area (Å²) in [7, 11) is 0. The minimum absolute atomic E-state index is 0.0850. The van der Waals surface area contributed by atoms with Crippen LogP contribution >= 0.6 is 11.3 Å². The van der Waals surface area contributed by atoms with Gasteiger partial charge in [0.25, 0.3) is 5.91 Å². The van der Waals surface area contributed by atoms with E-state index in [-0.39, 0.29) is 11.4 Å². The van der Waals surface area contributed by atoms with Crippen molar-refractivity contribution < 1.29 is 27.8 Å². The smallest absolute Gasteiger partial charge is 0.387 e. The molecular formula is C18H17F2NO4S. The molecule has 1 aliphatic rings. The van der Waals surface area contributed by atoms with Crippen LogP contribution in [0, 0.1) is 0 Å². The number of para-hydroxylation sites is 2. The number of halogens is 2. The molecule has 5 nitrogen and oxygen atoms in total. The highest BCUT2D eigenvalue weighted by Crippen LogP contribution is 2.30. The number of hydrogen-bond acceptors (Lipinski definition) is 5. The second-order valence-corrected chi connectivity index (χ2v) is 6.72. The van der Waals surface area contributed by atoms with Gasteiger partial charge in [0.15, 0.2) is 6.61 Å². The second kappa shape index (κ2) is 8.27. The fourth-order valence-corrected chi connectivity index (χ4v) is 3.94. The maximum atomic E-state index is 12.4. The number of alkyl halides is 2. The molecule has 1 aromatic carbocycles. The van der Waals surface area contributed by atoms with Crippen LogP contribution in [-0.2, 0) is 22.4 Å². The van der Waals surface area contributed by atoms with E-state index in [0.29, 0.717) is 5.56 Å². The Kier molecular flexibility index (Phi) is 5.82. The van der Waals surface area contributed by atoms with Crippen LogP contribution in [0.25, 0.3) is 0 Å². The van der Waals surface area contributed by atoms with E-state index in [4.69, 9.17) is 4.74 Å². The molecule has 1 aromatic heterocycles. The first-order chi connectivity index (χ1) is 12.5.